The highest BCUT2D eigenvalue weighted by atomic mass is 35.5. The molecule has 1 aliphatic rings. The number of benzene rings is 1. The fraction of sp³-hybridized carbons (Fsp3) is 0.300. The predicted molar refractivity (Wildman–Crippen MR) is 112 cm³/mol. The number of hydrogen-bond donors (Lipinski definition) is 1. The summed E-state index contributed by atoms with van der Waals surface area (Å²) >= 11 is 7.55. The van der Waals surface area contributed by atoms with Gasteiger partial charge in [0.2, 0.25) is 0 Å². The number of carbonyl (C=O) groups excluding carboxylic acids is 1. The predicted octanol–water partition coefficient (Wildman–Crippen LogP) is 3.77. The molecule has 0 radical (unpaired) electrons. The summed E-state index contributed by atoms with van der Waals surface area (Å²) in [6, 6.07) is 8.20. The number of nitrogens with one attached hydrogen (secondary N) is 1. The molecule has 1 N–H and O–H groups in total. The highest BCUT2D eigenvalue weighted by Gasteiger charge is 2.20. The van der Waals surface area contributed by atoms with Crippen molar-refractivity contribution in [3.8, 4) is 0 Å². The van der Waals surface area contributed by atoms with Crippen molar-refractivity contribution in [3.63, 3.8) is 0 Å². The van der Waals surface area contributed by atoms with Crippen molar-refractivity contribution in [1.82, 2.24) is 15.2 Å². The highest BCUT2D eigenvalue weighted by Crippen LogP contribution is 2.35. The van der Waals surface area contributed by atoms with Gasteiger partial charge in [0.05, 0.1) is 5.02 Å². The van der Waals surface area contributed by atoms with Crippen molar-refractivity contribution >= 4 is 44.7 Å². The van der Waals surface area contributed by atoms with Gasteiger partial charge in [-0.25, -0.2) is 9.37 Å². The number of rotatable bonds is 4. The SMILES string of the molecule is CN1CCN(c2ncccc2CNC(=O)c2sc3cc(F)ccc3c2Cl)CC1. The zero-order chi connectivity index (χ0) is 19.7. The summed E-state index contributed by atoms with van der Waals surface area (Å²) in [5.74, 6) is 0.296. The normalized spacial score (nSPS) is 15.2. The zero-order valence-corrected chi connectivity index (χ0v) is 17.0. The number of likely N-dealkylation sites (N-methyl/N-ethyl adjacent to an activating group) is 1. The summed E-state index contributed by atoms with van der Waals surface area (Å²) in [5, 5.41) is 3.99. The van der Waals surface area contributed by atoms with Crippen molar-refractivity contribution < 1.29 is 9.18 Å². The molecule has 5 nitrogen and oxygen atoms in total. The van der Waals surface area contributed by atoms with Gasteiger partial charge >= 0.3 is 0 Å². The van der Waals surface area contributed by atoms with E-state index in [1.165, 1.54) is 23.5 Å². The van der Waals surface area contributed by atoms with Gasteiger partial charge in [0.15, 0.2) is 0 Å². The van der Waals surface area contributed by atoms with Crippen LogP contribution in [0.15, 0.2) is 36.5 Å². The maximum atomic E-state index is 13.4. The van der Waals surface area contributed by atoms with Crippen LogP contribution in [-0.2, 0) is 6.54 Å². The molecule has 0 aliphatic carbocycles. The van der Waals surface area contributed by atoms with E-state index >= 15 is 0 Å². The molecule has 3 heterocycles. The van der Waals surface area contributed by atoms with Crippen molar-refractivity contribution in [2.24, 2.45) is 0 Å². The number of hydrogen-bond acceptors (Lipinski definition) is 5. The van der Waals surface area contributed by atoms with Gasteiger partial charge in [-0.3, -0.25) is 4.79 Å². The molecule has 3 aromatic rings. The first-order chi connectivity index (χ1) is 13.5. The fourth-order valence-electron chi connectivity index (χ4n) is 3.31. The molecule has 0 unspecified atom stereocenters. The highest BCUT2D eigenvalue weighted by molar-refractivity contribution is 7.21. The van der Waals surface area contributed by atoms with Crippen molar-refractivity contribution in [2.75, 3.05) is 38.1 Å². The minimum atomic E-state index is -0.343. The lowest BCUT2D eigenvalue weighted by molar-refractivity contribution is 0.0955. The number of piperazine rings is 1. The fourth-order valence-corrected chi connectivity index (χ4v) is 4.77. The van der Waals surface area contributed by atoms with Gasteiger partial charge in [0.25, 0.3) is 5.91 Å². The van der Waals surface area contributed by atoms with Crippen molar-refractivity contribution in [1.29, 1.82) is 0 Å². The first kappa shape index (κ1) is 19.1. The van der Waals surface area contributed by atoms with Crippen molar-refractivity contribution in [2.45, 2.75) is 6.54 Å². The Hall–Kier alpha value is -2.22. The second-order valence-electron chi connectivity index (χ2n) is 6.84. The van der Waals surface area contributed by atoms with Crippen LogP contribution in [0.4, 0.5) is 10.2 Å². The number of aromatic nitrogens is 1. The molecule has 0 bridgehead atoms. The largest absolute Gasteiger partial charge is 0.354 e. The molecular weight excluding hydrogens is 399 g/mol. The Morgan fingerprint density at radius 1 is 1.29 bits per heavy atom. The van der Waals surface area contributed by atoms with Crippen molar-refractivity contribution in [3.05, 3.63) is 57.8 Å². The van der Waals surface area contributed by atoms with E-state index in [4.69, 9.17) is 11.6 Å². The van der Waals surface area contributed by atoms with Gasteiger partial charge in [-0.15, -0.1) is 11.3 Å². The topological polar surface area (TPSA) is 48.5 Å². The zero-order valence-electron chi connectivity index (χ0n) is 15.4. The monoisotopic (exact) mass is 418 g/mol. The van der Waals surface area contributed by atoms with Crippen LogP contribution in [0.3, 0.4) is 0 Å². The Bertz CT molecular complexity index is 1020. The van der Waals surface area contributed by atoms with Gasteiger partial charge < -0.3 is 15.1 Å². The third-order valence-electron chi connectivity index (χ3n) is 4.91. The molecule has 4 rings (SSSR count). The number of nitrogens with zero attached hydrogens (tertiary/aromatic N) is 3. The Morgan fingerprint density at radius 2 is 2.07 bits per heavy atom. The molecule has 146 valence electrons. The van der Waals surface area contributed by atoms with E-state index < -0.39 is 0 Å². The summed E-state index contributed by atoms with van der Waals surface area (Å²) in [5.41, 5.74) is 0.962. The number of amides is 1. The molecule has 0 spiro atoms. The lowest BCUT2D eigenvalue weighted by Gasteiger charge is -2.34. The van der Waals surface area contributed by atoms with Gasteiger partial charge in [0, 0.05) is 54.6 Å². The Balaban J connectivity index is 1.51. The minimum absolute atomic E-state index is 0.264. The van der Waals surface area contributed by atoms with E-state index in [-0.39, 0.29) is 11.7 Å². The van der Waals surface area contributed by atoms with E-state index in [9.17, 15) is 9.18 Å². The summed E-state index contributed by atoms with van der Waals surface area (Å²) in [7, 11) is 2.11. The number of pyridine rings is 1. The quantitative estimate of drug-likeness (QED) is 0.700. The van der Waals surface area contributed by atoms with Crippen LogP contribution in [0.5, 0.6) is 0 Å². The molecular formula is C20H20ClFN4OS. The summed E-state index contributed by atoms with van der Waals surface area (Å²) in [4.78, 5) is 22.2. The lowest BCUT2D eigenvalue weighted by atomic mass is 10.2. The molecule has 28 heavy (non-hydrogen) atoms. The maximum Gasteiger partial charge on any atom is 0.263 e. The molecule has 1 aliphatic heterocycles. The number of fused-ring (bicyclic) bond motifs is 1. The van der Waals surface area contributed by atoms with Gasteiger partial charge in [-0.1, -0.05) is 17.7 Å². The Morgan fingerprint density at radius 3 is 2.86 bits per heavy atom. The van der Waals surface area contributed by atoms with Crippen LogP contribution in [-0.4, -0.2) is 49.0 Å². The maximum absolute atomic E-state index is 13.4. The molecule has 2 aromatic heterocycles. The first-order valence-electron chi connectivity index (χ1n) is 9.06. The Kier molecular flexibility index (Phi) is 5.48. The second kappa shape index (κ2) is 8.03. The standard InChI is InChI=1S/C20H20ClFN4OS/c1-25-7-9-26(10-8-25)19-13(3-2-6-23-19)12-24-20(27)18-17(21)15-5-4-14(22)11-16(15)28-18/h2-6,11H,7-10,12H2,1H3,(H,24,27). The number of halogens is 2. The van der Waals surface area contributed by atoms with Crippen LogP contribution in [0.2, 0.25) is 5.02 Å². The van der Waals surface area contributed by atoms with E-state index in [0.717, 1.165) is 37.6 Å². The summed E-state index contributed by atoms with van der Waals surface area (Å²) in [6.45, 7) is 4.13. The number of carbonyl (C=O) groups is 1. The van der Waals surface area contributed by atoms with E-state index in [1.54, 1.807) is 12.3 Å². The molecule has 1 aromatic carbocycles. The van der Waals surface area contributed by atoms with Crippen LogP contribution in [0.25, 0.3) is 10.1 Å². The van der Waals surface area contributed by atoms with Gasteiger partial charge in [-0.2, -0.15) is 0 Å². The van der Waals surface area contributed by atoms with E-state index in [2.05, 4.69) is 27.1 Å². The smallest absolute Gasteiger partial charge is 0.263 e. The average Bonchev–Trinajstić information content (AvgIpc) is 3.03. The molecule has 1 saturated heterocycles. The molecule has 0 atom stereocenters. The first-order valence-corrected chi connectivity index (χ1v) is 10.3. The average molecular weight is 419 g/mol. The molecule has 0 saturated carbocycles. The third-order valence-corrected chi connectivity index (χ3v) is 6.56. The second-order valence-corrected chi connectivity index (χ2v) is 8.27. The summed E-state index contributed by atoms with van der Waals surface area (Å²) < 4.78 is 14.1. The van der Waals surface area contributed by atoms with E-state index in [0.29, 0.717) is 26.5 Å². The van der Waals surface area contributed by atoms with E-state index in [1.807, 2.05) is 12.1 Å². The molecule has 8 heteroatoms. The Labute approximate surface area is 171 Å². The minimum Gasteiger partial charge on any atom is -0.354 e. The van der Waals surface area contributed by atoms with Crippen LogP contribution < -0.4 is 10.2 Å². The van der Waals surface area contributed by atoms with Gasteiger partial charge in [0.1, 0.15) is 16.5 Å². The van der Waals surface area contributed by atoms with Crippen LogP contribution in [0, 0.1) is 5.82 Å². The summed E-state index contributed by atoms with van der Waals surface area (Å²) in [6.07, 6.45) is 1.77. The van der Waals surface area contributed by atoms with Gasteiger partial charge in [-0.05, 0) is 31.3 Å². The number of thiophene rings is 1. The van der Waals surface area contributed by atoms with Crippen LogP contribution in [0.1, 0.15) is 15.2 Å². The number of anilines is 1. The third kappa shape index (κ3) is 3.83. The van der Waals surface area contributed by atoms with Crippen LogP contribution >= 0.6 is 22.9 Å². The lowest BCUT2D eigenvalue weighted by Crippen LogP contribution is -2.45. The molecule has 1 fully saturated rings. The molecule has 1 amide bonds.